The van der Waals surface area contributed by atoms with E-state index in [9.17, 15) is 14.7 Å². The minimum atomic E-state index is -1.07. The first-order valence-electron chi connectivity index (χ1n) is 8.24. The molecule has 26 heavy (non-hydrogen) atoms. The number of carboxylic acid groups (broad SMARTS) is 1. The van der Waals surface area contributed by atoms with Crippen LogP contribution in [0.2, 0.25) is 0 Å². The summed E-state index contributed by atoms with van der Waals surface area (Å²) < 4.78 is 1.73. The predicted octanol–water partition coefficient (Wildman–Crippen LogP) is 0.575. The number of benzene rings is 1. The molecule has 1 N–H and O–H groups in total. The van der Waals surface area contributed by atoms with E-state index in [1.165, 1.54) is 4.90 Å². The first kappa shape index (κ1) is 16.2. The molecular weight excluding hydrogens is 338 g/mol. The zero-order chi connectivity index (χ0) is 18.3. The van der Waals surface area contributed by atoms with Crippen molar-refractivity contribution in [1.82, 2.24) is 19.7 Å². The Bertz CT molecular complexity index is 892. The third kappa shape index (κ3) is 2.71. The van der Waals surface area contributed by atoms with Crippen LogP contribution in [0.15, 0.2) is 35.5 Å². The smallest absolute Gasteiger partial charge is 0.328 e. The largest absolute Gasteiger partial charge is 0.480 e. The van der Waals surface area contributed by atoms with E-state index in [1.807, 2.05) is 30.3 Å². The number of rotatable bonds is 3. The SMILES string of the molecule is Cc1nnc2n1CC(C(=O)O)N(C(=O)C1CC(c3ccccc3)=NO1)C2. The minimum Gasteiger partial charge on any atom is -0.480 e. The maximum atomic E-state index is 12.9. The predicted molar refractivity (Wildman–Crippen MR) is 89.2 cm³/mol. The van der Waals surface area contributed by atoms with Gasteiger partial charge < -0.3 is 19.4 Å². The molecule has 2 unspecified atom stereocenters. The lowest BCUT2D eigenvalue weighted by atomic mass is 10.0. The molecule has 2 aromatic rings. The van der Waals surface area contributed by atoms with Gasteiger partial charge in [-0.25, -0.2) is 4.79 Å². The number of hydrogen-bond acceptors (Lipinski definition) is 6. The van der Waals surface area contributed by atoms with Crippen molar-refractivity contribution in [3.05, 3.63) is 47.5 Å². The summed E-state index contributed by atoms with van der Waals surface area (Å²) in [6.45, 7) is 1.96. The number of aliphatic carboxylic acids is 1. The van der Waals surface area contributed by atoms with Crippen molar-refractivity contribution in [2.24, 2.45) is 5.16 Å². The van der Waals surface area contributed by atoms with Crippen molar-refractivity contribution in [2.45, 2.75) is 38.6 Å². The van der Waals surface area contributed by atoms with E-state index in [1.54, 1.807) is 11.5 Å². The molecule has 4 rings (SSSR count). The first-order valence-corrected chi connectivity index (χ1v) is 8.24. The molecule has 0 fully saturated rings. The van der Waals surface area contributed by atoms with Gasteiger partial charge in [-0.1, -0.05) is 35.5 Å². The molecule has 0 bridgehead atoms. The van der Waals surface area contributed by atoms with Crippen LogP contribution < -0.4 is 0 Å². The number of carbonyl (C=O) groups excluding carboxylic acids is 1. The average molecular weight is 355 g/mol. The summed E-state index contributed by atoms with van der Waals surface area (Å²) in [5.41, 5.74) is 1.55. The van der Waals surface area contributed by atoms with E-state index >= 15 is 0 Å². The van der Waals surface area contributed by atoms with Gasteiger partial charge in [-0.3, -0.25) is 4.79 Å². The minimum absolute atomic E-state index is 0.0805. The fourth-order valence-corrected chi connectivity index (χ4v) is 3.25. The van der Waals surface area contributed by atoms with E-state index in [4.69, 9.17) is 4.84 Å². The zero-order valence-corrected chi connectivity index (χ0v) is 14.1. The maximum absolute atomic E-state index is 12.9. The van der Waals surface area contributed by atoms with Gasteiger partial charge in [-0.05, 0) is 12.5 Å². The Morgan fingerprint density at radius 2 is 2.00 bits per heavy atom. The highest BCUT2D eigenvalue weighted by molar-refractivity contribution is 6.04. The van der Waals surface area contributed by atoms with Crippen molar-refractivity contribution < 1.29 is 19.5 Å². The second-order valence-electron chi connectivity index (χ2n) is 6.30. The summed E-state index contributed by atoms with van der Waals surface area (Å²) in [5, 5.41) is 21.6. The van der Waals surface area contributed by atoms with Gasteiger partial charge in [0.25, 0.3) is 5.91 Å². The zero-order valence-electron chi connectivity index (χ0n) is 14.1. The van der Waals surface area contributed by atoms with Crippen molar-refractivity contribution >= 4 is 17.6 Å². The molecule has 134 valence electrons. The van der Waals surface area contributed by atoms with Crippen molar-refractivity contribution in [3.63, 3.8) is 0 Å². The van der Waals surface area contributed by atoms with Gasteiger partial charge in [0.2, 0.25) is 6.10 Å². The topological polar surface area (TPSA) is 110 Å². The van der Waals surface area contributed by atoms with Crippen LogP contribution in [0.3, 0.4) is 0 Å². The molecule has 0 aliphatic carbocycles. The second-order valence-corrected chi connectivity index (χ2v) is 6.30. The Balaban J connectivity index is 1.53. The van der Waals surface area contributed by atoms with E-state index in [0.717, 1.165) is 5.56 Å². The van der Waals surface area contributed by atoms with Crippen LogP contribution in [-0.4, -0.2) is 54.5 Å². The highest BCUT2D eigenvalue weighted by atomic mass is 16.6. The lowest BCUT2D eigenvalue weighted by Crippen LogP contribution is -2.53. The number of carbonyl (C=O) groups is 2. The van der Waals surface area contributed by atoms with Crippen LogP contribution in [0, 0.1) is 6.92 Å². The molecule has 0 saturated heterocycles. The average Bonchev–Trinajstić information content (AvgIpc) is 3.28. The van der Waals surface area contributed by atoms with Crippen LogP contribution in [0.5, 0.6) is 0 Å². The van der Waals surface area contributed by atoms with Gasteiger partial charge in [-0.2, -0.15) is 0 Å². The number of amides is 1. The molecule has 1 amide bonds. The van der Waals surface area contributed by atoms with Crippen LogP contribution in [0.1, 0.15) is 23.6 Å². The molecule has 0 saturated carbocycles. The normalized spacial score (nSPS) is 21.7. The molecular formula is C17H17N5O4. The van der Waals surface area contributed by atoms with Gasteiger partial charge in [0.15, 0.2) is 5.82 Å². The van der Waals surface area contributed by atoms with Gasteiger partial charge in [-0.15, -0.1) is 10.2 Å². The summed E-state index contributed by atoms with van der Waals surface area (Å²) in [5.74, 6) is -0.279. The molecule has 1 aromatic heterocycles. The Morgan fingerprint density at radius 1 is 1.23 bits per heavy atom. The summed E-state index contributed by atoms with van der Waals surface area (Å²) in [6.07, 6.45) is -0.528. The molecule has 2 aliphatic heterocycles. The highest BCUT2D eigenvalue weighted by Gasteiger charge is 2.41. The maximum Gasteiger partial charge on any atom is 0.328 e. The van der Waals surface area contributed by atoms with Crippen molar-refractivity contribution in [2.75, 3.05) is 0 Å². The third-order valence-corrected chi connectivity index (χ3v) is 4.68. The standard InChI is InChI=1S/C17H17N5O4/c1-10-18-19-15-9-22(13(17(24)25)8-21(10)15)16(23)14-7-12(20-26-14)11-5-3-2-4-6-11/h2-6,13-14H,7-9H2,1H3,(H,24,25). The van der Waals surface area contributed by atoms with Crippen molar-refractivity contribution in [3.8, 4) is 0 Å². The fourth-order valence-electron chi connectivity index (χ4n) is 3.25. The lowest BCUT2D eigenvalue weighted by molar-refractivity contribution is -0.158. The number of aryl methyl sites for hydroxylation is 1. The monoisotopic (exact) mass is 355 g/mol. The molecule has 0 spiro atoms. The molecule has 9 heteroatoms. The fraction of sp³-hybridized carbons (Fsp3) is 0.353. The van der Waals surface area contributed by atoms with Crippen LogP contribution in [-0.2, 0) is 27.5 Å². The van der Waals surface area contributed by atoms with Gasteiger partial charge in [0, 0.05) is 6.42 Å². The number of aromatic nitrogens is 3. The number of hydrogen-bond donors (Lipinski definition) is 1. The Morgan fingerprint density at radius 3 is 2.73 bits per heavy atom. The number of fused-ring (bicyclic) bond motifs is 1. The third-order valence-electron chi connectivity index (χ3n) is 4.68. The number of carboxylic acids is 1. The van der Waals surface area contributed by atoms with Crippen molar-refractivity contribution in [1.29, 1.82) is 0 Å². The summed E-state index contributed by atoms with van der Waals surface area (Å²) in [4.78, 5) is 31.2. The van der Waals surface area contributed by atoms with Gasteiger partial charge >= 0.3 is 5.97 Å². The van der Waals surface area contributed by atoms with E-state index < -0.39 is 24.0 Å². The van der Waals surface area contributed by atoms with Gasteiger partial charge in [0.1, 0.15) is 11.9 Å². The lowest BCUT2D eigenvalue weighted by Gasteiger charge is -2.34. The molecule has 3 heterocycles. The number of nitrogens with zero attached hydrogens (tertiary/aromatic N) is 5. The van der Waals surface area contributed by atoms with Crippen LogP contribution in [0.4, 0.5) is 0 Å². The van der Waals surface area contributed by atoms with Crippen LogP contribution >= 0.6 is 0 Å². The highest BCUT2D eigenvalue weighted by Crippen LogP contribution is 2.24. The summed E-state index contributed by atoms with van der Waals surface area (Å²) >= 11 is 0. The molecule has 0 radical (unpaired) electrons. The molecule has 1 aromatic carbocycles. The van der Waals surface area contributed by atoms with Gasteiger partial charge in [0.05, 0.1) is 18.8 Å². The summed E-state index contributed by atoms with van der Waals surface area (Å²) in [6, 6.07) is 8.45. The summed E-state index contributed by atoms with van der Waals surface area (Å²) in [7, 11) is 0. The Kier molecular flexibility index (Phi) is 3.90. The second kappa shape index (κ2) is 6.25. The quantitative estimate of drug-likeness (QED) is 0.862. The first-order chi connectivity index (χ1) is 12.5. The Hall–Kier alpha value is -3.23. The van der Waals surface area contributed by atoms with E-state index in [0.29, 0.717) is 23.8 Å². The Labute approximate surface area is 148 Å². The molecule has 9 nitrogen and oxygen atoms in total. The van der Waals surface area contributed by atoms with E-state index in [2.05, 4.69) is 15.4 Å². The van der Waals surface area contributed by atoms with E-state index in [-0.39, 0.29) is 13.1 Å². The molecule has 2 aliphatic rings. The van der Waals surface area contributed by atoms with Crippen LogP contribution in [0.25, 0.3) is 0 Å². The molecule has 2 atom stereocenters. The number of oxime groups is 1.